The molecule has 1 aromatic carbocycles. The quantitative estimate of drug-likeness (QED) is 0.778. The van der Waals surface area contributed by atoms with Gasteiger partial charge in [0, 0.05) is 0 Å². The molecular formula is C12H17NO3. The topological polar surface area (TPSA) is 47.6 Å². The average Bonchev–Trinajstić information content (AvgIpc) is 2.25. The zero-order valence-electron chi connectivity index (χ0n) is 9.60. The highest BCUT2D eigenvalue weighted by Crippen LogP contribution is 2.07. The summed E-state index contributed by atoms with van der Waals surface area (Å²) in [6, 6.07) is 9.45. The van der Waals surface area contributed by atoms with Gasteiger partial charge in [-0.15, -0.1) is 0 Å². The molecule has 0 atom stereocenters. The fourth-order valence-corrected chi connectivity index (χ4v) is 1.09. The van der Waals surface area contributed by atoms with Crippen LogP contribution in [-0.4, -0.2) is 25.3 Å². The molecule has 0 saturated heterocycles. The third kappa shape index (κ3) is 5.24. The molecule has 1 N–H and O–H groups in total. The van der Waals surface area contributed by atoms with Crippen molar-refractivity contribution in [3.05, 3.63) is 30.3 Å². The normalized spacial score (nSPS) is 9.94. The van der Waals surface area contributed by atoms with Crippen LogP contribution >= 0.6 is 0 Å². The molecule has 4 nitrogen and oxygen atoms in total. The Morgan fingerprint density at radius 1 is 1.31 bits per heavy atom. The fourth-order valence-electron chi connectivity index (χ4n) is 1.09. The minimum Gasteiger partial charge on any atom is -0.492 e. The molecule has 0 radical (unpaired) electrons. The average molecular weight is 223 g/mol. The molecule has 0 unspecified atom stereocenters. The molecule has 1 rings (SSSR count). The number of nitrogens with one attached hydrogen (secondary N) is 1. The molecule has 0 heterocycles. The number of ether oxygens (including phenoxy) is 2. The minimum atomic E-state index is -0.410. The van der Waals surface area contributed by atoms with Gasteiger partial charge in [0.2, 0.25) is 0 Å². The highest BCUT2D eigenvalue weighted by molar-refractivity contribution is 5.67. The Hall–Kier alpha value is -1.71. The van der Waals surface area contributed by atoms with Crippen LogP contribution in [0.25, 0.3) is 0 Å². The van der Waals surface area contributed by atoms with Gasteiger partial charge in [-0.2, -0.15) is 0 Å². The van der Waals surface area contributed by atoms with Crippen LogP contribution in [-0.2, 0) is 4.74 Å². The van der Waals surface area contributed by atoms with E-state index in [1.54, 1.807) is 13.8 Å². The van der Waals surface area contributed by atoms with Crippen LogP contribution in [0.4, 0.5) is 4.79 Å². The van der Waals surface area contributed by atoms with Gasteiger partial charge >= 0.3 is 6.09 Å². The van der Waals surface area contributed by atoms with E-state index in [1.165, 1.54) is 0 Å². The van der Waals surface area contributed by atoms with Crippen LogP contribution in [0.5, 0.6) is 5.75 Å². The predicted molar refractivity (Wildman–Crippen MR) is 61.6 cm³/mol. The van der Waals surface area contributed by atoms with E-state index < -0.39 is 6.09 Å². The van der Waals surface area contributed by atoms with Crippen molar-refractivity contribution < 1.29 is 14.3 Å². The van der Waals surface area contributed by atoms with Crippen LogP contribution < -0.4 is 10.1 Å². The first-order valence-electron chi connectivity index (χ1n) is 5.31. The largest absolute Gasteiger partial charge is 0.492 e. The van der Waals surface area contributed by atoms with Crippen molar-refractivity contribution in [1.29, 1.82) is 0 Å². The highest BCUT2D eigenvalue weighted by Gasteiger charge is 2.03. The lowest BCUT2D eigenvalue weighted by molar-refractivity contribution is 0.114. The van der Waals surface area contributed by atoms with Crippen LogP contribution in [0.3, 0.4) is 0 Å². The van der Waals surface area contributed by atoms with Gasteiger partial charge < -0.3 is 14.8 Å². The number of carbonyl (C=O) groups excluding carboxylic acids is 1. The predicted octanol–water partition coefficient (Wildman–Crippen LogP) is 2.20. The molecule has 0 saturated carbocycles. The van der Waals surface area contributed by atoms with Crippen LogP contribution in [0, 0.1) is 0 Å². The monoisotopic (exact) mass is 223 g/mol. The molecule has 1 amide bonds. The molecule has 0 aliphatic rings. The minimum absolute atomic E-state index is 0.102. The summed E-state index contributed by atoms with van der Waals surface area (Å²) in [5.41, 5.74) is 0. The molecule has 0 bridgehead atoms. The first-order chi connectivity index (χ1) is 7.68. The van der Waals surface area contributed by atoms with Crippen molar-refractivity contribution >= 4 is 6.09 Å². The number of alkyl carbamates (subject to hydrolysis) is 1. The summed E-state index contributed by atoms with van der Waals surface area (Å²) >= 11 is 0. The maximum absolute atomic E-state index is 11.1. The Kier molecular flexibility index (Phi) is 5.19. The van der Waals surface area contributed by atoms with Crippen molar-refractivity contribution in [1.82, 2.24) is 5.32 Å². The first-order valence-corrected chi connectivity index (χ1v) is 5.31. The van der Waals surface area contributed by atoms with Crippen LogP contribution in [0.1, 0.15) is 13.8 Å². The first kappa shape index (κ1) is 12.4. The standard InChI is InChI=1S/C12H17NO3/c1-10(2)16-12(14)13-8-9-15-11-6-4-3-5-7-11/h3-7,10H,8-9H2,1-2H3,(H,13,14). The molecule has 0 aliphatic carbocycles. The summed E-state index contributed by atoms with van der Waals surface area (Å²) in [7, 11) is 0. The molecule has 4 heteroatoms. The number of benzene rings is 1. The number of rotatable bonds is 5. The van der Waals surface area contributed by atoms with Gasteiger partial charge in [0.25, 0.3) is 0 Å². The molecular weight excluding hydrogens is 206 g/mol. The number of hydrogen-bond donors (Lipinski definition) is 1. The van der Waals surface area contributed by atoms with E-state index in [0.29, 0.717) is 13.2 Å². The summed E-state index contributed by atoms with van der Waals surface area (Å²) in [6.07, 6.45) is -0.512. The Morgan fingerprint density at radius 2 is 2.00 bits per heavy atom. The molecule has 0 aliphatic heterocycles. The summed E-state index contributed by atoms with van der Waals surface area (Å²) < 4.78 is 10.3. The van der Waals surface area contributed by atoms with Gasteiger partial charge in [0.15, 0.2) is 0 Å². The van der Waals surface area contributed by atoms with Crippen molar-refractivity contribution in [2.75, 3.05) is 13.2 Å². The van der Waals surface area contributed by atoms with Gasteiger partial charge in [-0.3, -0.25) is 0 Å². The Morgan fingerprint density at radius 3 is 2.62 bits per heavy atom. The third-order valence-electron chi connectivity index (χ3n) is 1.73. The SMILES string of the molecule is CC(C)OC(=O)NCCOc1ccccc1. The van der Waals surface area contributed by atoms with E-state index in [0.717, 1.165) is 5.75 Å². The Bertz CT molecular complexity index is 311. The summed E-state index contributed by atoms with van der Waals surface area (Å²) in [5.74, 6) is 0.793. The summed E-state index contributed by atoms with van der Waals surface area (Å²) in [6.45, 7) is 4.47. The number of amides is 1. The lowest BCUT2D eigenvalue weighted by atomic mass is 10.3. The van der Waals surface area contributed by atoms with E-state index in [2.05, 4.69) is 5.32 Å². The van der Waals surface area contributed by atoms with Gasteiger partial charge in [-0.05, 0) is 26.0 Å². The van der Waals surface area contributed by atoms with Gasteiger partial charge in [-0.1, -0.05) is 18.2 Å². The number of para-hydroxylation sites is 1. The zero-order chi connectivity index (χ0) is 11.8. The lowest BCUT2D eigenvalue weighted by Gasteiger charge is -2.10. The third-order valence-corrected chi connectivity index (χ3v) is 1.73. The number of hydrogen-bond acceptors (Lipinski definition) is 3. The van der Waals surface area contributed by atoms with Crippen LogP contribution in [0.15, 0.2) is 30.3 Å². The summed E-state index contributed by atoms with van der Waals surface area (Å²) in [4.78, 5) is 11.1. The maximum atomic E-state index is 11.1. The van der Waals surface area contributed by atoms with E-state index in [9.17, 15) is 4.79 Å². The molecule has 0 aromatic heterocycles. The second kappa shape index (κ2) is 6.71. The zero-order valence-corrected chi connectivity index (χ0v) is 9.60. The maximum Gasteiger partial charge on any atom is 0.407 e. The van der Waals surface area contributed by atoms with E-state index >= 15 is 0 Å². The molecule has 0 spiro atoms. The molecule has 88 valence electrons. The smallest absolute Gasteiger partial charge is 0.407 e. The van der Waals surface area contributed by atoms with Crippen LogP contribution in [0.2, 0.25) is 0 Å². The second-order valence-corrected chi connectivity index (χ2v) is 3.54. The molecule has 0 fully saturated rings. The summed E-state index contributed by atoms with van der Waals surface area (Å²) in [5, 5.41) is 2.60. The van der Waals surface area contributed by atoms with Gasteiger partial charge in [0.05, 0.1) is 12.6 Å². The van der Waals surface area contributed by atoms with E-state index in [4.69, 9.17) is 9.47 Å². The molecule has 1 aromatic rings. The van der Waals surface area contributed by atoms with E-state index in [1.807, 2.05) is 30.3 Å². The highest BCUT2D eigenvalue weighted by atomic mass is 16.6. The fraction of sp³-hybridized carbons (Fsp3) is 0.417. The van der Waals surface area contributed by atoms with Crippen molar-refractivity contribution in [3.63, 3.8) is 0 Å². The van der Waals surface area contributed by atoms with Crippen molar-refractivity contribution in [3.8, 4) is 5.75 Å². The van der Waals surface area contributed by atoms with E-state index in [-0.39, 0.29) is 6.10 Å². The second-order valence-electron chi connectivity index (χ2n) is 3.54. The van der Waals surface area contributed by atoms with Crippen molar-refractivity contribution in [2.24, 2.45) is 0 Å². The molecule has 16 heavy (non-hydrogen) atoms. The number of carbonyl (C=O) groups is 1. The van der Waals surface area contributed by atoms with Gasteiger partial charge in [-0.25, -0.2) is 4.79 Å². The van der Waals surface area contributed by atoms with Crippen molar-refractivity contribution in [2.45, 2.75) is 20.0 Å². The van der Waals surface area contributed by atoms with Gasteiger partial charge in [0.1, 0.15) is 12.4 Å². The lowest BCUT2D eigenvalue weighted by Crippen LogP contribution is -2.30. The Labute approximate surface area is 95.6 Å². The Balaban J connectivity index is 2.10.